The molecule has 1 atom stereocenters. The zero-order chi connectivity index (χ0) is 56.5. The summed E-state index contributed by atoms with van der Waals surface area (Å²) in [5.41, 5.74) is 0. The number of hydrogen-bond donors (Lipinski definition) is 0. The van der Waals surface area contributed by atoms with Crippen molar-refractivity contribution in [2.45, 2.75) is 290 Å². The van der Waals surface area contributed by atoms with E-state index in [1.807, 2.05) is 19.0 Å². The number of ether oxygens (including phenoxy) is 8. The standard InChI is InChI=1S/C62H115NO14/c1-6-9-12-15-18-19-20-21-26-33-41-56(77-62(69)72-50-40-47-63(4)5)46-51-73-61(68)76-54-55(52-74-59(66)44-36-29-24-22-27-34-42-57(64)70-48-38-31-16-13-10-7-2)53-75-60(67)45-37-30-25-23-28-35-43-58(65)71-49-39-32-17-14-11-8-3/h55-56H,6-54H2,1-5H3. The first-order chi connectivity index (χ1) is 37.5. The quantitative estimate of drug-likeness (QED) is 0.0319. The molecule has 0 fully saturated rings. The molecular formula is C62H115NO14. The molecule has 0 saturated carbocycles. The molecule has 0 aromatic heterocycles. The van der Waals surface area contributed by atoms with Gasteiger partial charge in [0.25, 0.3) is 0 Å². The van der Waals surface area contributed by atoms with Crippen LogP contribution in [0.15, 0.2) is 0 Å². The lowest BCUT2D eigenvalue weighted by atomic mass is 10.0. The first kappa shape index (κ1) is 73.4. The third-order valence-electron chi connectivity index (χ3n) is 13.7. The molecule has 0 amide bonds. The van der Waals surface area contributed by atoms with E-state index in [1.165, 1.54) is 96.3 Å². The first-order valence-corrected chi connectivity index (χ1v) is 31.4. The average molecular weight is 1100 g/mol. The zero-order valence-electron chi connectivity index (χ0n) is 50.0. The van der Waals surface area contributed by atoms with Gasteiger partial charge in [0.1, 0.15) is 25.9 Å². The Morgan fingerprint density at radius 2 is 0.636 bits per heavy atom. The highest BCUT2D eigenvalue weighted by molar-refractivity contribution is 5.70. The van der Waals surface area contributed by atoms with E-state index in [0.29, 0.717) is 51.7 Å². The summed E-state index contributed by atoms with van der Waals surface area (Å²) in [4.78, 5) is 77.1. The molecular weight excluding hydrogens is 983 g/mol. The SMILES string of the molecule is CCCCCCCCCCCCC(CCOC(=O)OCC(COC(=O)CCCCCCCCC(=O)OCCCCCCCC)COC(=O)CCCCCCCCC(=O)OCCCCCCCC)OC(=O)OCCCN(C)C. The molecule has 452 valence electrons. The van der Waals surface area contributed by atoms with Gasteiger partial charge in [0.15, 0.2) is 0 Å². The minimum atomic E-state index is -0.924. The van der Waals surface area contributed by atoms with Crippen LogP contribution < -0.4 is 0 Å². The molecule has 0 rings (SSSR count). The zero-order valence-corrected chi connectivity index (χ0v) is 50.0. The van der Waals surface area contributed by atoms with E-state index < -0.39 is 24.3 Å². The molecule has 0 aliphatic rings. The van der Waals surface area contributed by atoms with Gasteiger partial charge in [0.05, 0.1) is 32.3 Å². The highest BCUT2D eigenvalue weighted by Crippen LogP contribution is 2.17. The highest BCUT2D eigenvalue weighted by Gasteiger charge is 2.21. The van der Waals surface area contributed by atoms with Gasteiger partial charge < -0.3 is 42.8 Å². The van der Waals surface area contributed by atoms with E-state index >= 15 is 0 Å². The molecule has 0 radical (unpaired) electrons. The number of esters is 4. The lowest BCUT2D eigenvalue weighted by Gasteiger charge is -2.19. The summed E-state index contributed by atoms with van der Waals surface area (Å²) >= 11 is 0. The molecule has 77 heavy (non-hydrogen) atoms. The summed E-state index contributed by atoms with van der Waals surface area (Å²) in [6, 6.07) is 0. The second-order valence-electron chi connectivity index (χ2n) is 21.6. The van der Waals surface area contributed by atoms with E-state index in [9.17, 15) is 28.8 Å². The maximum atomic E-state index is 12.8. The molecule has 1 unspecified atom stereocenters. The van der Waals surface area contributed by atoms with Crippen molar-refractivity contribution >= 4 is 36.2 Å². The summed E-state index contributed by atoms with van der Waals surface area (Å²) in [7, 11) is 3.91. The minimum Gasteiger partial charge on any atom is -0.466 e. The third kappa shape index (κ3) is 55.5. The van der Waals surface area contributed by atoms with Gasteiger partial charge >= 0.3 is 36.2 Å². The van der Waals surface area contributed by atoms with Crippen LogP contribution in [0.1, 0.15) is 284 Å². The summed E-state index contributed by atoms with van der Waals surface area (Å²) in [6.07, 6.45) is 36.8. The highest BCUT2D eigenvalue weighted by atomic mass is 16.7. The van der Waals surface area contributed by atoms with Crippen LogP contribution in [-0.4, -0.2) is 114 Å². The lowest BCUT2D eigenvalue weighted by molar-refractivity contribution is -0.150. The molecule has 0 aliphatic heterocycles. The number of unbranched alkanes of at least 4 members (excludes halogenated alkanes) is 29. The van der Waals surface area contributed by atoms with Crippen molar-refractivity contribution in [3.05, 3.63) is 0 Å². The normalized spacial score (nSPS) is 11.6. The van der Waals surface area contributed by atoms with Crippen LogP contribution in [0.2, 0.25) is 0 Å². The molecule has 15 nitrogen and oxygen atoms in total. The van der Waals surface area contributed by atoms with Crippen molar-refractivity contribution < 1.29 is 66.7 Å². The van der Waals surface area contributed by atoms with Crippen molar-refractivity contribution in [3.8, 4) is 0 Å². The topological polar surface area (TPSA) is 179 Å². The predicted octanol–water partition coefficient (Wildman–Crippen LogP) is 16.1. The summed E-state index contributed by atoms with van der Waals surface area (Å²) < 4.78 is 43.8. The second-order valence-corrected chi connectivity index (χ2v) is 21.6. The van der Waals surface area contributed by atoms with E-state index in [0.717, 1.165) is 116 Å². The number of nitrogens with zero attached hydrogens (tertiary/aromatic N) is 1. The van der Waals surface area contributed by atoms with Crippen LogP contribution in [0.5, 0.6) is 0 Å². The minimum absolute atomic E-state index is 0.0402. The van der Waals surface area contributed by atoms with E-state index in [4.69, 9.17) is 37.9 Å². The molecule has 0 bridgehead atoms. The van der Waals surface area contributed by atoms with Crippen molar-refractivity contribution in [1.29, 1.82) is 0 Å². The largest absolute Gasteiger partial charge is 0.508 e. The lowest BCUT2D eigenvalue weighted by Crippen LogP contribution is -2.27. The van der Waals surface area contributed by atoms with Crippen LogP contribution in [0, 0.1) is 5.92 Å². The Morgan fingerprint density at radius 3 is 1.04 bits per heavy atom. The summed E-state index contributed by atoms with van der Waals surface area (Å²) in [6.45, 7) is 8.22. The Hall–Kier alpha value is -3.62. The Bertz CT molecular complexity index is 1330. The van der Waals surface area contributed by atoms with Crippen LogP contribution in [0.4, 0.5) is 9.59 Å². The van der Waals surface area contributed by atoms with Gasteiger partial charge in [-0.2, -0.15) is 0 Å². The van der Waals surface area contributed by atoms with Gasteiger partial charge in [-0.3, -0.25) is 19.2 Å². The van der Waals surface area contributed by atoms with Gasteiger partial charge in [-0.05, 0) is 71.9 Å². The molecule has 0 spiro atoms. The number of carbonyl (C=O) groups excluding carboxylic acids is 6. The fourth-order valence-electron chi connectivity index (χ4n) is 8.81. The first-order valence-electron chi connectivity index (χ1n) is 31.4. The number of hydrogen-bond acceptors (Lipinski definition) is 15. The van der Waals surface area contributed by atoms with Crippen molar-refractivity contribution in [2.75, 3.05) is 66.9 Å². The van der Waals surface area contributed by atoms with Crippen molar-refractivity contribution in [1.82, 2.24) is 4.90 Å². The van der Waals surface area contributed by atoms with Crippen LogP contribution in [0.3, 0.4) is 0 Å². The fraction of sp³-hybridized carbons (Fsp3) is 0.903. The third-order valence-corrected chi connectivity index (χ3v) is 13.7. The Morgan fingerprint density at radius 1 is 0.312 bits per heavy atom. The van der Waals surface area contributed by atoms with Crippen molar-refractivity contribution in [3.63, 3.8) is 0 Å². The number of carbonyl (C=O) groups is 6. The van der Waals surface area contributed by atoms with Gasteiger partial charge in [0, 0.05) is 38.6 Å². The number of rotatable bonds is 57. The molecule has 0 heterocycles. The molecule has 15 heteroatoms. The Labute approximate surface area is 469 Å². The average Bonchev–Trinajstić information content (AvgIpc) is 3.40. The van der Waals surface area contributed by atoms with Crippen LogP contribution >= 0.6 is 0 Å². The van der Waals surface area contributed by atoms with Gasteiger partial charge in [-0.15, -0.1) is 0 Å². The van der Waals surface area contributed by atoms with E-state index in [2.05, 4.69) is 20.8 Å². The Kier molecular flexibility index (Phi) is 54.4. The van der Waals surface area contributed by atoms with Crippen LogP contribution in [-0.2, 0) is 57.1 Å². The molecule has 0 aliphatic carbocycles. The fourth-order valence-corrected chi connectivity index (χ4v) is 8.81. The Balaban J connectivity index is 4.95. The maximum absolute atomic E-state index is 12.8. The van der Waals surface area contributed by atoms with Crippen molar-refractivity contribution in [2.24, 2.45) is 5.92 Å². The predicted molar refractivity (Wildman–Crippen MR) is 306 cm³/mol. The molecule has 0 aromatic carbocycles. The maximum Gasteiger partial charge on any atom is 0.508 e. The van der Waals surface area contributed by atoms with Gasteiger partial charge in [-0.1, -0.05) is 194 Å². The van der Waals surface area contributed by atoms with Gasteiger partial charge in [0.2, 0.25) is 0 Å². The summed E-state index contributed by atoms with van der Waals surface area (Å²) in [5, 5.41) is 0. The van der Waals surface area contributed by atoms with E-state index in [-0.39, 0.29) is 76.2 Å². The molecule has 0 aromatic rings. The molecule has 0 N–H and O–H groups in total. The monoisotopic (exact) mass is 1100 g/mol. The summed E-state index contributed by atoms with van der Waals surface area (Å²) in [5.74, 6) is -1.62. The second kappa shape index (κ2) is 57.1. The van der Waals surface area contributed by atoms with Gasteiger partial charge in [-0.25, -0.2) is 9.59 Å². The smallest absolute Gasteiger partial charge is 0.466 e. The molecule has 0 saturated heterocycles. The van der Waals surface area contributed by atoms with E-state index in [1.54, 1.807) is 0 Å². The van der Waals surface area contributed by atoms with Crippen LogP contribution in [0.25, 0.3) is 0 Å².